The molecule has 2 N–H and O–H groups in total. The first-order chi connectivity index (χ1) is 16.0. The van der Waals surface area contributed by atoms with Gasteiger partial charge >= 0.3 is 6.03 Å². The third-order valence-electron chi connectivity index (χ3n) is 5.06. The van der Waals surface area contributed by atoms with Crippen molar-refractivity contribution in [2.45, 2.75) is 0 Å². The number of nitrogens with zero attached hydrogens (tertiary/aromatic N) is 2. The van der Waals surface area contributed by atoms with Crippen LogP contribution in [-0.2, 0) is 9.59 Å². The average Bonchev–Trinajstić information content (AvgIpc) is 3.39. The zero-order valence-corrected chi connectivity index (χ0v) is 18.1. The summed E-state index contributed by atoms with van der Waals surface area (Å²) < 4.78 is 12.1. The van der Waals surface area contributed by atoms with Gasteiger partial charge in [-0.3, -0.25) is 9.59 Å². The molecule has 0 bridgehead atoms. The highest BCUT2D eigenvalue weighted by Gasteiger charge is 2.35. The van der Waals surface area contributed by atoms with Crippen LogP contribution in [0.5, 0.6) is 11.5 Å². The number of hydrogen-bond acceptors (Lipinski definition) is 5. The van der Waals surface area contributed by atoms with E-state index in [1.165, 1.54) is 0 Å². The molecule has 1 aliphatic heterocycles. The second-order valence-corrected chi connectivity index (χ2v) is 7.16. The molecule has 1 aliphatic rings. The molecule has 2 heterocycles. The first-order valence-electron chi connectivity index (χ1n) is 10.1. The molecule has 4 amide bonds. The number of hydrogen-bond donors (Lipinski definition) is 2. The van der Waals surface area contributed by atoms with Crippen LogP contribution in [0.3, 0.4) is 0 Å². The lowest BCUT2D eigenvalue weighted by Crippen LogP contribution is -2.38. The summed E-state index contributed by atoms with van der Waals surface area (Å²) in [5, 5.41) is 5.20. The zero-order valence-electron chi connectivity index (χ0n) is 18.1. The van der Waals surface area contributed by atoms with Crippen LogP contribution < -0.4 is 20.1 Å². The Kier molecular flexibility index (Phi) is 6.12. The minimum Gasteiger partial charge on any atom is -0.497 e. The van der Waals surface area contributed by atoms with Crippen molar-refractivity contribution in [2.24, 2.45) is 0 Å². The van der Waals surface area contributed by atoms with Crippen LogP contribution in [0.2, 0.25) is 0 Å². The van der Waals surface area contributed by atoms with E-state index in [2.05, 4.69) is 10.6 Å². The first kappa shape index (κ1) is 21.7. The molecule has 1 saturated heterocycles. The van der Waals surface area contributed by atoms with E-state index in [1.807, 2.05) is 47.2 Å². The average molecular weight is 446 g/mol. The van der Waals surface area contributed by atoms with E-state index in [0.717, 1.165) is 16.3 Å². The van der Waals surface area contributed by atoms with Crippen molar-refractivity contribution < 1.29 is 23.9 Å². The number of ether oxygens (including phenoxy) is 2. The van der Waals surface area contributed by atoms with Gasteiger partial charge in [0, 0.05) is 23.3 Å². The molecular formula is C24H22N4O5. The van der Waals surface area contributed by atoms with Gasteiger partial charge in [-0.05, 0) is 66.7 Å². The molecule has 0 spiro atoms. The molecule has 0 saturated carbocycles. The highest BCUT2D eigenvalue weighted by atomic mass is 16.5. The van der Waals surface area contributed by atoms with Crippen molar-refractivity contribution in [2.75, 3.05) is 26.1 Å². The lowest BCUT2D eigenvalue weighted by molar-refractivity contribution is -0.127. The molecule has 0 aliphatic carbocycles. The number of rotatable bonds is 7. The van der Waals surface area contributed by atoms with Gasteiger partial charge in [0.2, 0.25) is 5.91 Å². The zero-order chi connectivity index (χ0) is 23.4. The summed E-state index contributed by atoms with van der Waals surface area (Å²) in [6.07, 6.45) is 3.42. The Labute approximate surface area is 190 Å². The van der Waals surface area contributed by atoms with Crippen molar-refractivity contribution in [3.63, 3.8) is 0 Å². The molecule has 1 fully saturated rings. The second kappa shape index (κ2) is 9.31. The monoisotopic (exact) mass is 446 g/mol. The topological polar surface area (TPSA) is 102 Å². The third-order valence-corrected chi connectivity index (χ3v) is 5.06. The first-order valence-corrected chi connectivity index (χ1v) is 10.1. The molecule has 0 radical (unpaired) electrons. The quantitative estimate of drug-likeness (QED) is 0.429. The van der Waals surface area contributed by atoms with Gasteiger partial charge in [-0.15, -0.1) is 0 Å². The van der Waals surface area contributed by atoms with Gasteiger partial charge < -0.3 is 24.7 Å². The summed E-state index contributed by atoms with van der Waals surface area (Å²) in [4.78, 5) is 38.4. The number of urea groups is 1. The van der Waals surface area contributed by atoms with Crippen molar-refractivity contribution in [3.8, 4) is 17.2 Å². The largest absolute Gasteiger partial charge is 0.497 e. The lowest BCUT2D eigenvalue weighted by atomic mass is 10.2. The van der Waals surface area contributed by atoms with E-state index in [4.69, 9.17) is 9.47 Å². The van der Waals surface area contributed by atoms with Crippen molar-refractivity contribution >= 4 is 29.6 Å². The summed E-state index contributed by atoms with van der Waals surface area (Å²) in [7, 11) is 3.14. The Morgan fingerprint density at radius 3 is 2.24 bits per heavy atom. The summed E-state index contributed by atoms with van der Waals surface area (Å²) in [6.45, 7) is -0.409. The normalized spacial score (nSPS) is 14.4. The minimum absolute atomic E-state index is 0.0886. The van der Waals surface area contributed by atoms with E-state index in [-0.39, 0.29) is 5.70 Å². The number of aromatic nitrogens is 1. The van der Waals surface area contributed by atoms with Crippen molar-refractivity contribution in [3.05, 3.63) is 78.3 Å². The number of benzene rings is 2. The van der Waals surface area contributed by atoms with Gasteiger partial charge in [0.1, 0.15) is 23.7 Å². The van der Waals surface area contributed by atoms with E-state index < -0.39 is 24.4 Å². The van der Waals surface area contributed by atoms with E-state index in [9.17, 15) is 14.4 Å². The fraction of sp³-hybridized carbons (Fsp3) is 0.125. The molecule has 0 unspecified atom stereocenters. The number of amides is 4. The molecule has 4 rings (SSSR count). The maximum atomic E-state index is 12.8. The highest BCUT2D eigenvalue weighted by Crippen LogP contribution is 2.21. The van der Waals surface area contributed by atoms with Gasteiger partial charge in [0.25, 0.3) is 5.91 Å². The Hall–Kier alpha value is -4.53. The molecule has 3 aromatic rings. The summed E-state index contributed by atoms with van der Waals surface area (Å²) in [6, 6.07) is 17.1. The summed E-state index contributed by atoms with van der Waals surface area (Å²) in [5.41, 5.74) is 2.17. The van der Waals surface area contributed by atoms with Gasteiger partial charge in [-0.25, -0.2) is 9.69 Å². The second-order valence-electron chi connectivity index (χ2n) is 7.16. The van der Waals surface area contributed by atoms with Crippen LogP contribution in [0.4, 0.5) is 10.5 Å². The number of anilines is 1. The maximum absolute atomic E-state index is 12.8. The van der Waals surface area contributed by atoms with Gasteiger partial charge in [0.05, 0.1) is 14.2 Å². The molecule has 9 heteroatoms. The summed E-state index contributed by atoms with van der Waals surface area (Å²) >= 11 is 0. The number of methoxy groups -OCH3 is 2. The van der Waals surface area contributed by atoms with Crippen LogP contribution in [0.1, 0.15) is 5.69 Å². The fourth-order valence-corrected chi connectivity index (χ4v) is 3.37. The predicted octanol–water partition coefficient (Wildman–Crippen LogP) is 3.03. The molecule has 33 heavy (non-hydrogen) atoms. The predicted molar refractivity (Wildman–Crippen MR) is 122 cm³/mol. The Morgan fingerprint density at radius 1 is 0.970 bits per heavy atom. The van der Waals surface area contributed by atoms with Gasteiger partial charge in [0.15, 0.2) is 0 Å². The Bertz CT molecular complexity index is 1210. The molecule has 9 nitrogen and oxygen atoms in total. The van der Waals surface area contributed by atoms with E-state index in [1.54, 1.807) is 44.6 Å². The minimum atomic E-state index is -0.654. The molecule has 0 atom stereocenters. The SMILES string of the molecule is COc1ccc(NC(=O)CN2C(=O)N/C(=C\c3cccn3-c3ccc(OC)cc3)C2=O)cc1. The lowest BCUT2D eigenvalue weighted by Gasteiger charge is -2.12. The molecule has 2 aromatic carbocycles. The van der Waals surface area contributed by atoms with Crippen LogP contribution in [0, 0.1) is 0 Å². The number of carbonyl (C=O) groups is 3. The third kappa shape index (κ3) is 4.72. The number of carbonyl (C=O) groups excluding carboxylic acids is 3. The van der Waals surface area contributed by atoms with Crippen molar-refractivity contribution in [1.82, 2.24) is 14.8 Å². The van der Waals surface area contributed by atoms with Gasteiger partial charge in [-0.2, -0.15) is 0 Å². The molecule has 168 valence electrons. The summed E-state index contributed by atoms with van der Waals surface area (Å²) in [5.74, 6) is 0.308. The van der Waals surface area contributed by atoms with E-state index >= 15 is 0 Å². The Morgan fingerprint density at radius 2 is 1.61 bits per heavy atom. The van der Waals surface area contributed by atoms with Crippen LogP contribution >= 0.6 is 0 Å². The molecule has 1 aromatic heterocycles. The fourth-order valence-electron chi connectivity index (χ4n) is 3.37. The highest BCUT2D eigenvalue weighted by molar-refractivity contribution is 6.15. The maximum Gasteiger partial charge on any atom is 0.329 e. The van der Waals surface area contributed by atoms with Crippen LogP contribution in [-0.4, -0.2) is 48.1 Å². The van der Waals surface area contributed by atoms with Crippen molar-refractivity contribution in [1.29, 1.82) is 0 Å². The number of nitrogens with one attached hydrogen (secondary N) is 2. The smallest absolute Gasteiger partial charge is 0.329 e. The van der Waals surface area contributed by atoms with E-state index in [0.29, 0.717) is 17.1 Å². The number of imide groups is 1. The van der Waals surface area contributed by atoms with Crippen LogP contribution in [0.15, 0.2) is 72.6 Å². The molecular weight excluding hydrogens is 424 g/mol. The Balaban J connectivity index is 1.47. The standard InChI is InChI=1S/C24H22N4O5/c1-32-19-9-5-16(6-10-19)25-22(29)15-28-23(30)21(26-24(28)31)14-18-4-3-13-27(18)17-7-11-20(33-2)12-8-17/h3-14H,15H2,1-2H3,(H,25,29)(H,26,31)/b21-14-. The van der Waals surface area contributed by atoms with Gasteiger partial charge in [-0.1, -0.05) is 0 Å². The van der Waals surface area contributed by atoms with Crippen LogP contribution in [0.25, 0.3) is 11.8 Å².